The van der Waals surface area contributed by atoms with Crippen molar-refractivity contribution in [2.75, 3.05) is 7.05 Å². The van der Waals surface area contributed by atoms with Crippen molar-refractivity contribution in [2.45, 2.75) is 33.4 Å². The van der Waals surface area contributed by atoms with Crippen molar-refractivity contribution < 1.29 is 5.21 Å². The van der Waals surface area contributed by atoms with Gasteiger partial charge < -0.3 is 16.8 Å². The summed E-state index contributed by atoms with van der Waals surface area (Å²) in [6.07, 6.45) is 3.54. The van der Waals surface area contributed by atoms with Crippen molar-refractivity contribution in [3.8, 4) is 0 Å². The molecule has 0 fully saturated rings. The molecule has 0 aliphatic carbocycles. The molecule has 2 aromatic carbocycles. The minimum atomic E-state index is -0.510. The number of rotatable bonds is 10. The van der Waals surface area contributed by atoms with Crippen LogP contribution in [-0.2, 0) is 6.54 Å². The summed E-state index contributed by atoms with van der Waals surface area (Å²) < 4.78 is -0.510. The van der Waals surface area contributed by atoms with E-state index in [0.717, 1.165) is 23.2 Å². The third kappa shape index (κ3) is 6.88. The van der Waals surface area contributed by atoms with E-state index < -0.39 is 4.05 Å². The highest BCUT2D eigenvalue weighted by atomic mass is 32.1. The Morgan fingerprint density at radius 2 is 1.71 bits per heavy atom. The predicted octanol–water partition coefficient (Wildman–Crippen LogP) is 5.00. The third-order valence-electron chi connectivity index (χ3n) is 5.26. The lowest BCUT2D eigenvalue weighted by Gasteiger charge is -2.26. The van der Waals surface area contributed by atoms with Crippen molar-refractivity contribution >= 4 is 52.7 Å². The van der Waals surface area contributed by atoms with Gasteiger partial charge in [0.1, 0.15) is 11.8 Å². The number of quaternary nitrogens is 1. The van der Waals surface area contributed by atoms with Crippen LogP contribution in [0.5, 0.6) is 0 Å². The second kappa shape index (κ2) is 12.1. The van der Waals surface area contributed by atoms with Gasteiger partial charge in [-0.05, 0) is 57.2 Å². The summed E-state index contributed by atoms with van der Waals surface area (Å²) in [5, 5.41) is 13.7. The highest BCUT2D eigenvalue weighted by Gasteiger charge is 2.29. The van der Waals surface area contributed by atoms with Crippen molar-refractivity contribution in [1.29, 1.82) is 0 Å². The lowest BCUT2D eigenvalue weighted by Crippen LogP contribution is -2.41. The summed E-state index contributed by atoms with van der Waals surface area (Å²) in [5.74, 6) is 0. The maximum absolute atomic E-state index is 10.6. The summed E-state index contributed by atoms with van der Waals surface area (Å²) >= 11 is 9.95. The zero-order valence-corrected chi connectivity index (χ0v) is 21.8. The Labute approximate surface area is 213 Å². The quantitative estimate of drug-likeness (QED) is 0.0797. The number of benzene rings is 2. The van der Waals surface area contributed by atoms with Gasteiger partial charge in [-0.2, -0.15) is 5.21 Å². The van der Waals surface area contributed by atoms with Crippen LogP contribution in [-0.4, -0.2) is 28.9 Å². The molecule has 0 heterocycles. The Bertz CT molecular complexity index is 1110. The first-order chi connectivity index (χ1) is 16.0. The second-order valence-electron chi connectivity index (χ2n) is 8.14. The third-order valence-corrected chi connectivity index (χ3v) is 6.27. The Morgan fingerprint density at radius 3 is 2.18 bits per heavy atom. The molecule has 0 radical (unpaired) electrons. The SMILES string of the molecule is C=C(N)C(=N/C(=C\C)c1ccc([N+](O)(S)C(C)C)cc1)C(=S)/C=C(\N)c1ccc(CNC)cc1. The summed E-state index contributed by atoms with van der Waals surface area (Å²) in [6, 6.07) is 15.2. The Hall–Kier alpha value is -2.75. The van der Waals surface area contributed by atoms with E-state index in [0.29, 0.717) is 27.7 Å². The first-order valence-corrected chi connectivity index (χ1v) is 11.7. The summed E-state index contributed by atoms with van der Waals surface area (Å²) in [7, 11) is 1.90. The van der Waals surface area contributed by atoms with Gasteiger partial charge in [0.2, 0.25) is 0 Å². The molecule has 0 saturated heterocycles. The summed E-state index contributed by atoms with van der Waals surface area (Å²) in [4.78, 5) is 5.08. The molecule has 6 nitrogen and oxygen atoms in total. The monoisotopic (exact) mass is 496 g/mol. The molecule has 0 bridgehead atoms. The molecule has 2 rings (SSSR count). The van der Waals surface area contributed by atoms with Gasteiger partial charge >= 0.3 is 0 Å². The number of nitrogens with two attached hydrogens (primary N) is 2. The van der Waals surface area contributed by atoms with E-state index in [9.17, 15) is 5.21 Å². The van der Waals surface area contributed by atoms with Crippen molar-refractivity contribution in [1.82, 2.24) is 9.37 Å². The minimum absolute atomic E-state index is 0.116. The molecule has 0 aromatic heterocycles. The molecule has 0 amide bonds. The van der Waals surface area contributed by atoms with Crippen LogP contribution >= 0.6 is 25.0 Å². The van der Waals surface area contributed by atoms with Crippen molar-refractivity contribution in [2.24, 2.45) is 16.5 Å². The van der Waals surface area contributed by atoms with Gasteiger partial charge in [0.15, 0.2) is 5.69 Å². The number of aliphatic imine (C=N–C) groups is 1. The molecule has 34 heavy (non-hydrogen) atoms. The van der Waals surface area contributed by atoms with Gasteiger partial charge in [-0.15, -0.1) is 0 Å². The molecule has 180 valence electrons. The zero-order chi connectivity index (χ0) is 25.5. The molecular formula is C26H34N5OS2+. The molecule has 6 N–H and O–H groups in total. The fourth-order valence-corrected chi connectivity index (χ4v) is 3.60. The van der Waals surface area contributed by atoms with E-state index in [1.165, 1.54) is 0 Å². The number of allylic oxidation sites excluding steroid dienone is 3. The van der Waals surface area contributed by atoms with Crippen molar-refractivity contribution in [3.05, 3.63) is 89.6 Å². The topological polar surface area (TPSA) is 96.7 Å². The highest BCUT2D eigenvalue weighted by Crippen LogP contribution is 2.29. The van der Waals surface area contributed by atoms with Crippen molar-refractivity contribution in [3.63, 3.8) is 0 Å². The first kappa shape index (κ1) is 27.5. The van der Waals surface area contributed by atoms with Gasteiger partial charge in [-0.3, -0.25) is 0 Å². The number of nitrogens with one attached hydrogen (secondary N) is 1. The zero-order valence-electron chi connectivity index (χ0n) is 20.1. The van der Waals surface area contributed by atoms with E-state index in [1.54, 1.807) is 6.08 Å². The smallest absolute Gasteiger partial charge is 0.177 e. The lowest BCUT2D eigenvalue weighted by molar-refractivity contribution is -0.000588. The highest BCUT2D eigenvalue weighted by molar-refractivity contribution is 7.82. The molecule has 2 aromatic rings. The molecular weight excluding hydrogens is 462 g/mol. The van der Waals surface area contributed by atoms with Crippen LogP contribution in [0.2, 0.25) is 0 Å². The Kier molecular flexibility index (Phi) is 9.78. The van der Waals surface area contributed by atoms with Crippen LogP contribution in [0.1, 0.15) is 37.5 Å². The molecule has 0 aliphatic rings. The number of hydrogen-bond acceptors (Lipinski definition) is 7. The van der Waals surface area contributed by atoms with E-state index in [2.05, 4.69) is 24.7 Å². The number of thiocarbonyl (C=S) groups is 1. The number of nitrogens with zero attached hydrogens (tertiary/aromatic N) is 2. The first-order valence-electron chi connectivity index (χ1n) is 10.9. The number of hydrogen-bond donors (Lipinski definition) is 5. The maximum Gasteiger partial charge on any atom is 0.177 e. The van der Waals surface area contributed by atoms with E-state index in [1.807, 2.05) is 82.4 Å². The molecule has 1 unspecified atom stereocenters. The largest absolute Gasteiger partial charge is 0.398 e. The number of hydroxylamine groups is 1. The number of thiol groups is 1. The van der Waals surface area contributed by atoms with Gasteiger partial charge in [0.05, 0.1) is 29.1 Å². The predicted molar refractivity (Wildman–Crippen MR) is 153 cm³/mol. The van der Waals surface area contributed by atoms with Gasteiger partial charge in [-0.25, -0.2) is 4.99 Å². The van der Waals surface area contributed by atoms with Crippen LogP contribution in [0, 0.1) is 0 Å². The lowest BCUT2D eigenvalue weighted by atomic mass is 10.1. The van der Waals surface area contributed by atoms with Crippen LogP contribution in [0.25, 0.3) is 11.4 Å². The van der Waals surface area contributed by atoms with Crippen LogP contribution in [0.3, 0.4) is 0 Å². The second-order valence-corrected chi connectivity index (χ2v) is 9.19. The molecule has 0 spiro atoms. The Morgan fingerprint density at radius 1 is 1.15 bits per heavy atom. The average Bonchev–Trinajstić information content (AvgIpc) is 2.80. The molecule has 1 atom stereocenters. The van der Waals surface area contributed by atoms with Crippen LogP contribution in [0.4, 0.5) is 5.69 Å². The van der Waals surface area contributed by atoms with E-state index >= 15 is 0 Å². The average molecular weight is 497 g/mol. The van der Waals surface area contributed by atoms with Crippen LogP contribution < -0.4 is 20.8 Å². The molecule has 8 heteroatoms. The fraction of sp³-hybridized carbons (Fsp3) is 0.231. The summed E-state index contributed by atoms with van der Waals surface area (Å²) in [5.41, 5.74) is 17.6. The summed E-state index contributed by atoms with van der Waals surface area (Å²) in [6.45, 7) is 10.3. The van der Waals surface area contributed by atoms with Crippen LogP contribution in [0.15, 0.2) is 78.0 Å². The normalized spacial score (nSPS) is 14.7. The molecule has 0 saturated carbocycles. The van der Waals surface area contributed by atoms with Gasteiger partial charge in [0, 0.05) is 29.9 Å². The van der Waals surface area contributed by atoms with E-state index in [-0.39, 0.29) is 11.7 Å². The maximum atomic E-state index is 10.6. The van der Waals surface area contributed by atoms with E-state index in [4.69, 9.17) is 28.7 Å². The fourth-order valence-electron chi connectivity index (χ4n) is 3.16. The minimum Gasteiger partial charge on any atom is -0.398 e. The van der Waals surface area contributed by atoms with Gasteiger partial charge in [0.25, 0.3) is 0 Å². The molecule has 0 aliphatic heterocycles. The Balaban J connectivity index is 2.34. The standard InChI is InChI=1S/C26H33N5OS2/c1-6-24(21-11-13-22(14-12-21)31(32,34)17(2)3)30-26(18(4)27)25(33)15-23(28)20-9-7-19(8-10-20)16-29-5/h6-15,17,29,32,34H,4,16,27H2,1-3,5H3,(H-,28,33)/p+1/b24-6-,30-26?. The van der Waals surface area contributed by atoms with Gasteiger partial charge in [-0.1, -0.05) is 53.2 Å².